The van der Waals surface area contributed by atoms with E-state index in [1.165, 1.54) is 0 Å². The van der Waals surface area contributed by atoms with Gasteiger partial charge in [-0.1, -0.05) is 164 Å². The fourth-order valence-electron chi connectivity index (χ4n) is 6.50. The first-order valence-corrected chi connectivity index (χ1v) is 16.3. The standard InChI is InChI=1S/C45H34O3/c1-4-16-32(17-5-1)29-46-42-28-41(45(38-25-13-10-22-35(38)42)48-31-34-20-8-3-9-21-34)43-36-23-11-14-26-39(36)44(40-27-15-12-24-37(40)43)47-30-33-18-6-2-7-19-33/h1-28H,29-31H2. The van der Waals surface area contributed by atoms with Crippen LogP contribution in [0.2, 0.25) is 0 Å². The molecule has 0 heterocycles. The van der Waals surface area contributed by atoms with E-state index < -0.39 is 0 Å². The SMILES string of the molecule is c1ccc(COc2cc(-c3c4ccccc4c(OCc4ccccc4)c4ccccc34)c(OCc3ccccc3)c3ccccc23)cc1. The van der Waals surface area contributed by atoms with Gasteiger partial charge in [-0.15, -0.1) is 0 Å². The molecule has 0 amide bonds. The summed E-state index contributed by atoms with van der Waals surface area (Å²) in [5.74, 6) is 2.52. The highest BCUT2D eigenvalue weighted by atomic mass is 16.5. The van der Waals surface area contributed by atoms with Gasteiger partial charge >= 0.3 is 0 Å². The number of ether oxygens (including phenoxy) is 3. The maximum Gasteiger partial charge on any atom is 0.135 e. The minimum atomic E-state index is 0.441. The summed E-state index contributed by atoms with van der Waals surface area (Å²) in [6.45, 7) is 1.38. The molecule has 0 saturated carbocycles. The third-order valence-electron chi connectivity index (χ3n) is 8.80. The van der Waals surface area contributed by atoms with Gasteiger partial charge < -0.3 is 14.2 Å². The van der Waals surface area contributed by atoms with E-state index in [1.807, 2.05) is 54.6 Å². The number of benzene rings is 8. The largest absolute Gasteiger partial charge is 0.488 e. The fraction of sp³-hybridized carbons (Fsp3) is 0.0667. The Morgan fingerprint density at radius 3 is 1.15 bits per heavy atom. The first kappa shape index (κ1) is 29.3. The molecule has 48 heavy (non-hydrogen) atoms. The monoisotopic (exact) mass is 622 g/mol. The summed E-state index contributed by atoms with van der Waals surface area (Å²) >= 11 is 0. The van der Waals surface area contributed by atoms with Gasteiger partial charge in [-0.05, 0) is 33.5 Å². The average Bonchev–Trinajstić information content (AvgIpc) is 3.16. The Morgan fingerprint density at radius 2 is 0.667 bits per heavy atom. The van der Waals surface area contributed by atoms with Crippen molar-refractivity contribution in [1.82, 2.24) is 0 Å². The maximum atomic E-state index is 6.86. The summed E-state index contributed by atoms with van der Waals surface area (Å²) in [5, 5.41) is 6.30. The molecule has 8 rings (SSSR count). The van der Waals surface area contributed by atoms with Crippen molar-refractivity contribution in [1.29, 1.82) is 0 Å². The van der Waals surface area contributed by atoms with Crippen LogP contribution in [0.25, 0.3) is 43.4 Å². The average molecular weight is 623 g/mol. The molecule has 0 radical (unpaired) electrons. The van der Waals surface area contributed by atoms with Crippen molar-refractivity contribution in [3.8, 4) is 28.4 Å². The van der Waals surface area contributed by atoms with Crippen LogP contribution in [-0.2, 0) is 19.8 Å². The van der Waals surface area contributed by atoms with Crippen LogP contribution in [0.4, 0.5) is 0 Å². The van der Waals surface area contributed by atoms with Crippen LogP contribution in [0.15, 0.2) is 170 Å². The topological polar surface area (TPSA) is 27.7 Å². The lowest BCUT2D eigenvalue weighted by molar-refractivity contribution is 0.304. The lowest BCUT2D eigenvalue weighted by Crippen LogP contribution is -2.02. The molecule has 0 bridgehead atoms. The van der Waals surface area contributed by atoms with Crippen LogP contribution in [-0.4, -0.2) is 0 Å². The summed E-state index contributed by atoms with van der Waals surface area (Å²) in [6, 6.07) is 58.5. The van der Waals surface area contributed by atoms with Crippen LogP contribution in [0.1, 0.15) is 16.7 Å². The molecule has 0 aliphatic carbocycles. The molecule has 0 saturated heterocycles. The van der Waals surface area contributed by atoms with E-state index in [9.17, 15) is 0 Å². The molecule has 8 aromatic rings. The lowest BCUT2D eigenvalue weighted by Gasteiger charge is -2.22. The van der Waals surface area contributed by atoms with Crippen LogP contribution < -0.4 is 14.2 Å². The molecule has 0 fully saturated rings. The van der Waals surface area contributed by atoms with Gasteiger partial charge in [0.15, 0.2) is 0 Å². The minimum Gasteiger partial charge on any atom is -0.488 e. The molecule has 0 atom stereocenters. The molecule has 3 nitrogen and oxygen atoms in total. The van der Waals surface area contributed by atoms with E-state index in [-0.39, 0.29) is 0 Å². The van der Waals surface area contributed by atoms with Crippen molar-refractivity contribution in [2.75, 3.05) is 0 Å². The van der Waals surface area contributed by atoms with Crippen LogP contribution in [0.5, 0.6) is 17.2 Å². The smallest absolute Gasteiger partial charge is 0.135 e. The third-order valence-corrected chi connectivity index (χ3v) is 8.80. The zero-order valence-electron chi connectivity index (χ0n) is 26.5. The molecule has 232 valence electrons. The maximum absolute atomic E-state index is 6.86. The quantitative estimate of drug-likeness (QED) is 0.142. The zero-order chi connectivity index (χ0) is 32.1. The van der Waals surface area contributed by atoms with Gasteiger partial charge in [0, 0.05) is 32.7 Å². The van der Waals surface area contributed by atoms with Crippen molar-refractivity contribution in [2.24, 2.45) is 0 Å². The highest BCUT2D eigenvalue weighted by molar-refractivity contribution is 6.19. The number of hydrogen-bond acceptors (Lipinski definition) is 3. The van der Waals surface area contributed by atoms with Gasteiger partial charge in [0.25, 0.3) is 0 Å². The van der Waals surface area contributed by atoms with Gasteiger partial charge in [-0.2, -0.15) is 0 Å². The first-order valence-electron chi connectivity index (χ1n) is 16.3. The van der Waals surface area contributed by atoms with E-state index in [4.69, 9.17) is 14.2 Å². The number of rotatable bonds is 10. The van der Waals surface area contributed by atoms with Gasteiger partial charge in [0.05, 0.1) is 0 Å². The van der Waals surface area contributed by atoms with E-state index in [1.54, 1.807) is 0 Å². The van der Waals surface area contributed by atoms with E-state index in [0.717, 1.165) is 77.4 Å². The summed E-state index contributed by atoms with van der Waals surface area (Å²) in [4.78, 5) is 0. The second kappa shape index (κ2) is 13.4. The van der Waals surface area contributed by atoms with Crippen molar-refractivity contribution < 1.29 is 14.2 Å². The Hall–Kier alpha value is -6.06. The highest BCUT2D eigenvalue weighted by Gasteiger charge is 2.22. The molecule has 0 aliphatic rings. The van der Waals surface area contributed by atoms with Crippen molar-refractivity contribution >= 4 is 32.3 Å². The summed E-state index contributed by atoms with van der Waals surface area (Å²) < 4.78 is 20.2. The molecule has 0 aliphatic heterocycles. The van der Waals surface area contributed by atoms with Crippen molar-refractivity contribution in [3.05, 3.63) is 187 Å². The molecule has 0 aromatic heterocycles. The Balaban J connectivity index is 1.36. The predicted molar refractivity (Wildman–Crippen MR) is 197 cm³/mol. The summed E-state index contributed by atoms with van der Waals surface area (Å²) in [5.41, 5.74) is 5.42. The second-order valence-corrected chi connectivity index (χ2v) is 11.9. The Morgan fingerprint density at radius 1 is 0.312 bits per heavy atom. The molecular formula is C45H34O3. The van der Waals surface area contributed by atoms with E-state index in [0.29, 0.717) is 19.8 Å². The van der Waals surface area contributed by atoms with Gasteiger partial charge in [0.1, 0.15) is 37.1 Å². The molecule has 8 aromatic carbocycles. The van der Waals surface area contributed by atoms with Gasteiger partial charge in [0.2, 0.25) is 0 Å². The zero-order valence-corrected chi connectivity index (χ0v) is 26.5. The van der Waals surface area contributed by atoms with Crippen LogP contribution in [0, 0.1) is 0 Å². The highest BCUT2D eigenvalue weighted by Crippen LogP contribution is 2.49. The normalized spacial score (nSPS) is 11.2. The molecule has 3 heteroatoms. The first-order chi connectivity index (χ1) is 23.8. The number of fused-ring (bicyclic) bond motifs is 3. The fourth-order valence-corrected chi connectivity index (χ4v) is 6.50. The predicted octanol–water partition coefficient (Wildman–Crippen LogP) is 11.6. The minimum absolute atomic E-state index is 0.441. The van der Waals surface area contributed by atoms with Crippen molar-refractivity contribution in [3.63, 3.8) is 0 Å². The van der Waals surface area contributed by atoms with E-state index in [2.05, 4.69) is 115 Å². The molecular weight excluding hydrogens is 588 g/mol. The van der Waals surface area contributed by atoms with Crippen LogP contribution >= 0.6 is 0 Å². The summed E-state index contributed by atoms with van der Waals surface area (Å²) in [7, 11) is 0. The number of hydrogen-bond donors (Lipinski definition) is 0. The Labute approximate surface area is 280 Å². The Kier molecular flexibility index (Phi) is 8.16. The second-order valence-electron chi connectivity index (χ2n) is 11.9. The summed E-state index contributed by atoms with van der Waals surface area (Å²) in [6.07, 6.45) is 0. The molecule has 0 spiro atoms. The molecule has 0 N–H and O–H groups in total. The van der Waals surface area contributed by atoms with Crippen molar-refractivity contribution in [2.45, 2.75) is 19.8 Å². The Bertz CT molecular complexity index is 2270. The molecule has 0 unspecified atom stereocenters. The van der Waals surface area contributed by atoms with E-state index >= 15 is 0 Å². The van der Waals surface area contributed by atoms with Gasteiger partial charge in [-0.25, -0.2) is 0 Å². The lowest BCUT2D eigenvalue weighted by atomic mass is 9.89. The third kappa shape index (κ3) is 5.83. The van der Waals surface area contributed by atoms with Gasteiger partial charge in [-0.3, -0.25) is 0 Å². The van der Waals surface area contributed by atoms with Crippen LogP contribution in [0.3, 0.4) is 0 Å².